The van der Waals surface area contributed by atoms with Gasteiger partial charge in [-0.1, -0.05) is 108 Å². The van der Waals surface area contributed by atoms with Crippen molar-refractivity contribution in [1.29, 1.82) is 5.26 Å². The molecule has 1 unspecified atom stereocenters. The van der Waals surface area contributed by atoms with Crippen molar-refractivity contribution in [2.45, 2.75) is 109 Å². The summed E-state index contributed by atoms with van der Waals surface area (Å²) >= 11 is 0. The summed E-state index contributed by atoms with van der Waals surface area (Å²) in [5, 5.41) is 8.49. The molecule has 25 heavy (non-hydrogen) atoms. The number of rotatable bonds is 16. The Kier molecular flexibility index (Phi) is 14.1. The van der Waals surface area contributed by atoms with Gasteiger partial charge >= 0.3 is 0 Å². The highest BCUT2D eigenvalue weighted by Gasteiger charge is 2.07. The molecule has 0 saturated carbocycles. The van der Waals surface area contributed by atoms with Crippen molar-refractivity contribution in [3.05, 3.63) is 35.9 Å². The quantitative estimate of drug-likeness (QED) is 0.278. The van der Waals surface area contributed by atoms with Crippen molar-refractivity contribution >= 4 is 0 Å². The molecule has 140 valence electrons. The van der Waals surface area contributed by atoms with Gasteiger partial charge in [0.1, 0.15) is 0 Å². The first-order valence-corrected chi connectivity index (χ1v) is 10.8. The first-order valence-electron chi connectivity index (χ1n) is 10.8. The molecule has 1 atom stereocenters. The molecule has 1 nitrogen and oxygen atoms in total. The summed E-state index contributed by atoms with van der Waals surface area (Å²) in [7, 11) is 0. The molecule has 0 aliphatic rings. The second-order valence-corrected chi connectivity index (χ2v) is 7.46. The molecule has 0 amide bonds. The van der Waals surface area contributed by atoms with Gasteiger partial charge in [-0.05, 0) is 30.7 Å². The van der Waals surface area contributed by atoms with Gasteiger partial charge in [-0.3, -0.25) is 0 Å². The predicted molar refractivity (Wildman–Crippen MR) is 110 cm³/mol. The van der Waals surface area contributed by atoms with E-state index < -0.39 is 0 Å². The Labute approximate surface area is 156 Å². The summed E-state index contributed by atoms with van der Waals surface area (Å²) in [4.78, 5) is 0. The van der Waals surface area contributed by atoms with Crippen molar-refractivity contribution in [2.75, 3.05) is 0 Å². The molecule has 0 aliphatic heterocycles. The summed E-state index contributed by atoms with van der Waals surface area (Å²) < 4.78 is 0. The fraction of sp³-hybridized carbons (Fsp3) is 0.708. The number of nitrogens with zero attached hydrogens (tertiary/aromatic N) is 1. The highest BCUT2D eigenvalue weighted by molar-refractivity contribution is 5.19. The number of nitriles is 1. The minimum absolute atomic E-state index is 0.740. The Hall–Kier alpha value is -1.29. The molecule has 0 radical (unpaired) electrons. The lowest BCUT2D eigenvalue weighted by atomic mass is 9.91. The zero-order chi connectivity index (χ0) is 18.0. The van der Waals surface area contributed by atoms with Crippen molar-refractivity contribution in [3.63, 3.8) is 0 Å². The van der Waals surface area contributed by atoms with Gasteiger partial charge in [0.25, 0.3) is 0 Å². The summed E-state index contributed by atoms with van der Waals surface area (Å²) in [6.07, 6.45) is 19.6. The third kappa shape index (κ3) is 11.8. The lowest BCUT2D eigenvalue weighted by molar-refractivity contribution is 0.514. The van der Waals surface area contributed by atoms with Crippen LogP contribution >= 0.6 is 0 Å². The van der Waals surface area contributed by atoms with Crippen LogP contribution in [0.15, 0.2) is 30.3 Å². The molecule has 0 heterocycles. The topological polar surface area (TPSA) is 23.8 Å². The molecule has 0 spiro atoms. The Balaban J connectivity index is 1.86. The smallest absolute Gasteiger partial charge is 0.0621 e. The van der Waals surface area contributed by atoms with Crippen LogP contribution in [0.5, 0.6) is 0 Å². The lowest BCUT2D eigenvalue weighted by Crippen LogP contribution is -1.97. The fourth-order valence-electron chi connectivity index (χ4n) is 3.69. The SMILES string of the molecule is CCC(CCCCCCCCCCCCCCC#N)c1ccccc1. The van der Waals surface area contributed by atoms with Crippen molar-refractivity contribution in [1.82, 2.24) is 0 Å². The fourth-order valence-corrected chi connectivity index (χ4v) is 3.69. The second kappa shape index (κ2) is 16.2. The van der Waals surface area contributed by atoms with Crippen LogP contribution < -0.4 is 0 Å². The summed E-state index contributed by atoms with van der Waals surface area (Å²) in [6.45, 7) is 2.32. The first kappa shape index (κ1) is 21.8. The Morgan fingerprint density at radius 3 is 1.68 bits per heavy atom. The van der Waals surface area contributed by atoms with E-state index in [0.717, 1.165) is 18.8 Å². The van der Waals surface area contributed by atoms with Crippen LogP contribution in [-0.4, -0.2) is 0 Å². The second-order valence-electron chi connectivity index (χ2n) is 7.46. The summed E-state index contributed by atoms with van der Waals surface area (Å²) in [6, 6.07) is 13.3. The van der Waals surface area contributed by atoms with Crippen molar-refractivity contribution in [2.24, 2.45) is 0 Å². The van der Waals surface area contributed by atoms with Crippen LogP contribution in [0, 0.1) is 11.3 Å². The minimum Gasteiger partial charge on any atom is -0.198 e. The zero-order valence-electron chi connectivity index (χ0n) is 16.5. The van der Waals surface area contributed by atoms with Gasteiger partial charge in [0.15, 0.2) is 0 Å². The van der Waals surface area contributed by atoms with E-state index >= 15 is 0 Å². The molecule has 1 rings (SSSR count). The largest absolute Gasteiger partial charge is 0.198 e. The highest BCUT2D eigenvalue weighted by Crippen LogP contribution is 2.25. The van der Waals surface area contributed by atoms with Crippen LogP contribution in [0.4, 0.5) is 0 Å². The maximum atomic E-state index is 8.49. The van der Waals surface area contributed by atoms with Gasteiger partial charge in [0.2, 0.25) is 0 Å². The Morgan fingerprint density at radius 1 is 0.720 bits per heavy atom. The van der Waals surface area contributed by atoms with Crippen molar-refractivity contribution < 1.29 is 0 Å². The van der Waals surface area contributed by atoms with Gasteiger partial charge in [-0.15, -0.1) is 0 Å². The van der Waals surface area contributed by atoms with E-state index in [9.17, 15) is 0 Å². The van der Waals surface area contributed by atoms with Gasteiger partial charge in [0.05, 0.1) is 6.07 Å². The van der Waals surface area contributed by atoms with Crippen LogP contribution in [0.3, 0.4) is 0 Å². The highest BCUT2D eigenvalue weighted by atomic mass is 14.2. The van der Waals surface area contributed by atoms with E-state index in [0.29, 0.717) is 0 Å². The standard InChI is InChI=1S/C24H39N/c1-2-23(24-20-16-14-17-21-24)19-15-12-10-8-6-4-3-5-7-9-11-13-18-22-25/h14,16-17,20-21,23H,2-13,15,18-19H2,1H3. The lowest BCUT2D eigenvalue weighted by Gasteiger charge is -2.15. The molecule has 0 fully saturated rings. The molecule has 0 aliphatic carbocycles. The molecule has 0 aromatic heterocycles. The normalized spacial score (nSPS) is 12.0. The van der Waals surface area contributed by atoms with Gasteiger partial charge < -0.3 is 0 Å². The van der Waals surface area contributed by atoms with Crippen LogP contribution in [0.1, 0.15) is 115 Å². The van der Waals surface area contributed by atoms with Gasteiger partial charge in [0, 0.05) is 6.42 Å². The average Bonchev–Trinajstić information content (AvgIpc) is 2.66. The average molecular weight is 342 g/mol. The van der Waals surface area contributed by atoms with E-state index in [2.05, 4.69) is 43.3 Å². The molecule has 0 saturated heterocycles. The zero-order valence-corrected chi connectivity index (χ0v) is 16.5. The van der Waals surface area contributed by atoms with Crippen LogP contribution in [0.25, 0.3) is 0 Å². The predicted octanol–water partition coefficient (Wildman–Crippen LogP) is 8.17. The maximum absolute atomic E-state index is 8.49. The monoisotopic (exact) mass is 341 g/mol. The summed E-state index contributed by atoms with van der Waals surface area (Å²) in [5.41, 5.74) is 1.53. The van der Waals surface area contributed by atoms with Gasteiger partial charge in [-0.2, -0.15) is 5.26 Å². The first-order chi connectivity index (χ1) is 12.4. The number of unbranched alkanes of at least 4 members (excludes halogenated alkanes) is 12. The van der Waals surface area contributed by atoms with Crippen molar-refractivity contribution in [3.8, 4) is 6.07 Å². The molecule has 0 bridgehead atoms. The molecular weight excluding hydrogens is 302 g/mol. The number of benzene rings is 1. The van der Waals surface area contributed by atoms with E-state index in [1.807, 2.05) is 0 Å². The van der Waals surface area contributed by atoms with Crippen LogP contribution in [0.2, 0.25) is 0 Å². The van der Waals surface area contributed by atoms with E-state index in [-0.39, 0.29) is 0 Å². The van der Waals surface area contributed by atoms with E-state index in [1.54, 1.807) is 0 Å². The number of hydrogen-bond donors (Lipinski definition) is 0. The number of hydrogen-bond acceptors (Lipinski definition) is 1. The van der Waals surface area contributed by atoms with E-state index in [1.165, 1.54) is 89.0 Å². The van der Waals surface area contributed by atoms with Crippen LogP contribution in [-0.2, 0) is 0 Å². The molecule has 1 aromatic carbocycles. The molecular formula is C24H39N. The third-order valence-electron chi connectivity index (χ3n) is 5.35. The molecule has 1 heteroatoms. The maximum Gasteiger partial charge on any atom is 0.0621 e. The Bertz CT molecular complexity index is 431. The van der Waals surface area contributed by atoms with E-state index in [4.69, 9.17) is 5.26 Å². The molecule has 1 aromatic rings. The Morgan fingerprint density at radius 2 is 1.20 bits per heavy atom. The van der Waals surface area contributed by atoms with Gasteiger partial charge in [-0.25, -0.2) is 0 Å². The third-order valence-corrected chi connectivity index (χ3v) is 5.35. The molecule has 0 N–H and O–H groups in total. The summed E-state index contributed by atoms with van der Waals surface area (Å²) in [5.74, 6) is 0.759. The minimum atomic E-state index is 0.740.